The van der Waals surface area contributed by atoms with Gasteiger partial charge in [-0.2, -0.15) is 0 Å². The molecule has 4 unspecified atom stereocenters. The Hall–Kier alpha value is -3.74. The van der Waals surface area contributed by atoms with Crippen LogP contribution in [-0.4, -0.2) is 33.8 Å². The number of piperidine rings is 1. The predicted molar refractivity (Wildman–Crippen MR) is 154 cm³/mol. The number of anilines is 2. The van der Waals surface area contributed by atoms with E-state index in [1.165, 1.54) is 31.7 Å². The number of carbonyl (C=O) groups excluding carboxylic acids is 2. The first kappa shape index (κ1) is 26.5. The van der Waals surface area contributed by atoms with Gasteiger partial charge in [0.05, 0.1) is 29.4 Å². The fourth-order valence-corrected chi connectivity index (χ4v) is 7.22. The summed E-state index contributed by atoms with van der Waals surface area (Å²) in [4.78, 5) is 34.2. The summed E-state index contributed by atoms with van der Waals surface area (Å²) >= 11 is 0. The van der Waals surface area contributed by atoms with E-state index >= 15 is 4.39 Å². The summed E-state index contributed by atoms with van der Waals surface area (Å²) in [7, 11) is 0. The topological polar surface area (TPSA) is 74.3 Å². The number of fused-ring (bicyclic) bond motifs is 1. The van der Waals surface area contributed by atoms with Crippen LogP contribution in [0, 0.1) is 24.6 Å². The smallest absolute Gasteiger partial charge is 0.257 e. The number of hydrogen-bond acceptors (Lipinski definition) is 4. The lowest BCUT2D eigenvalue weighted by Crippen LogP contribution is -2.54. The van der Waals surface area contributed by atoms with Gasteiger partial charge in [-0.25, -0.2) is 4.39 Å². The van der Waals surface area contributed by atoms with E-state index in [4.69, 9.17) is 0 Å². The third kappa shape index (κ3) is 5.21. The summed E-state index contributed by atoms with van der Waals surface area (Å²) in [6, 6.07) is 16.5. The molecule has 1 saturated heterocycles. The molecule has 40 heavy (non-hydrogen) atoms. The van der Waals surface area contributed by atoms with Gasteiger partial charge < -0.3 is 15.5 Å². The summed E-state index contributed by atoms with van der Waals surface area (Å²) in [5, 5.41) is 6.68. The fraction of sp³-hybridized carbons (Fsp3) is 0.424. The molecule has 1 aliphatic heterocycles. The number of aryl methyl sites for hydroxylation is 1. The lowest BCUT2D eigenvalue weighted by molar-refractivity contribution is -0.125. The van der Waals surface area contributed by atoms with Crippen LogP contribution in [0.5, 0.6) is 0 Å². The number of benzene rings is 2. The minimum absolute atomic E-state index is 0.0322. The van der Waals surface area contributed by atoms with Crippen molar-refractivity contribution in [1.82, 2.24) is 9.88 Å². The highest BCUT2D eigenvalue weighted by Crippen LogP contribution is 2.49. The van der Waals surface area contributed by atoms with Crippen LogP contribution < -0.4 is 10.6 Å². The van der Waals surface area contributed by atoms with E-state index in [-0.39, 0.29) is 29.3 Å². The Bertz CT molecular complexity index is 1340. The normalized spacial score (nSPS) is 24.5. The molecule has 3 fully saturated rings. The van der Waals surface area contributed by atoms with E-state index < -0.39 is 17.8 Å². The molecule has 1 aromatic heterocycles. The third-order valence-electron chi connectivity index (χ3n) is 9.13. The number of halogens is 1. The molecule has 6 nitrogen and oxygen atoms in total. The van der Waals surface area contributed by atoms with Gasteiger partial charge in [0.15, 0.2) is 0 Å². The van der Waals surface area contributed by atoms with Crippen LogP contribution in [0.15, 0.2) is 67.0 Å². The van der Waals surface area contributed by atoms with Crippen LogP contribution in [0.4, 0.5) is 15.8 Å². The first-order chi connectivity index (χ1) is 19.5. The van der Waals surface area contributed by atoms with Crippen LogP contribution in [0.3, 0.4) is 0 Å². The lowest BCUT2D eigenvalue weighted by Gasteiger charge is -2.48. The molecule has 2 aromatic carbocycles. The summed E-state index contributed by atoms with van der Waals surface area (Å²) in [6.07, 6.45) is 11.6. The van der Waals surface area contributed by atoms with Crippen molar-refractivity contribution in [2.45, 2.75) is 76.4 Å². The van der Waals surface area contributed by atoms with Crippen molar-refractivity contribution in [3.05, 3.63) is 89.5 Å². The van der Waals surface area contributed by atoms with Crippen LogP contribution in [0.25, 0.3) is 0 Å². The molecule has 0 spiro atoms. The van der Waals surface area contributed by atoms with Crippen molar-refractivity contribution in [3.8, 4) is 0 Å². The predicted octanol–water partition coefficient (Wildman–Crippen LogP) is 6.89. The largest absolute Gasteiger partial charge is 0.382 e. The number of pyridine rings is 1. The maximum atomic E-state index is 15.2. The third-order valence-corrected chi connectivity index (χ3v) is 9.13. The molecule has 0 radical (unpaired) electrons. The molecule has 208 valence electrons. The van der Waals surface area contributed by atoms with Gasteiger partial charge in [-0.05, 0) is 86.4 Å². The van der Waals surface area contributed by atoms with E-state index in [1.54, 1.807) is 37.5 Å². The van der Waals surface area contributed by atoms with Crippen molar-refractivity contribution in [2.24, 2.45) is 11.8 Å². The average Bonchev–Trinajstić information content (AvgIpc) is 3.65. The van der Waals surface area contributed by atoms with Gasteiger partial charge >= 0.3 is 0 Å². The van der Waals surface area contributed by atoms with Crippen molar-refractivity contribution in [2.75, 3.05) is 10.6 Å². The van der Waals surface area contributed by atoms with Gasteiger partial charge in [-0.1, -0.05) is 43.5 Å². The fourth-order valence-electron chi connectivity index (χ4n) is 7.22. The molecule has 4 atom stereocenters. The van der Waals surface area contributed by atoms with Crippen LogP contribution >= 0.6 is 0 Å². The molecule has 2 N–H and O–H groups in total. The highest BCUT2D eigenvalue weighted by atomic mass is 19.1. The van der Waals surface area contributed by atoms with E-state index in [0.717, 1.165) is 30.5 Å². The lowest BCUT2D eigenvalue weighted by atomic mass is 9.76. The molecule has 0 bridgehead atoms. The SMILES string of the molecule is Cc1cccc(F)c1C(=O)N1C2CCCC2CC(C(=O)Nc2cccnc2)C1c1ccc(NC2CCCC2)cc1. The van der Waals surface area contributed by atoms with Gasteiger partial charge in [0.25, 0.3) is 5.91 Å². The Balaban J connectivity index is 1.40. The number of hydrogen-bond donors (Lipinski definition) is 2. The minimum Gasteiger partial charge on any atom is -0.382 e. The Kier molecular flexibility index (Phi) is 7.55. The molecule has 2 aliphatic carbocycles. The highest BCUT2D eigenvalue weighted by molar-refractivity contribution is 5.98. The van der Waals surface area contributed by atoms with Crippen LogP contribution in [0.1, 0.15) is 78.9 Å². The molecule has 2 heterocycles. The van der Waals surface area contributed by atoms with Crippen molar-refractivity contribution >= 4 is 23.2 Å². The Morgan fingerprint density at radius 2 is 1.73 bits per heavy atom. The molecule has 2 saturated carbocycles. The number of rotatable bonds is 6. The number of nitrogens with one attached hydrogen (secondary N) is 2. The molecule has 6 rings (SSSR count). The number of nitrogens with zero attached hydrogens (tertiary/aromatic N) is 2. The zero-order valence-electron chi connectivity index (χ0n) is 23.0. The van der Waals surface area contributed by atoms with Crippen molar-refractivity contribution in [1.29, 1.82) is 0 Å². The molecule has 7 heteroatoms. The van der Waals surface area contributed by atoms with Gasteiger partial charge in [-0.15, -0.1) is 0 Å². The molecular formula is C33H37FN4O2. The molecule has 3 aliphatic rings. The van der Waals surface area contributed by atoms with Gasteiger partial charge in [-0.3, -0.25) is 14.6 Å². The second-order valence-corrected chi connectivity index (χ2v) is 11.7. The number of carbonyl (C=O) groups is 2. The monoisotopic (exact) mass is 540 g/mol. The molecule has 2 amide bonds. The standard InChI is InChI=1S/C33H37FN4O2/c1-21-7-4-12-28(34)30(21)33(40)38-29-13-5-8-23(29)19-27(32(39)37-26-11-6-18-35-20-26)31(38)22-14-16-25(17-15-22)36-24-9-2-3-10-24/h4,6-7,11-12,14-18,20,23-24,27,29,31,36H,2-3,5,8-10,13,19H2,1H3,(H,37,39). The van der Waals surface area contributed by atoms with Gasteiger partial charge in [0, 0.05) is 24.0 Å². The second kappa shape index (κ2) is 11.4. The van der Waals surface area contributed by atoms with Crippen molar-refractivity contribution < 1.29 is 14.0 Å². The summed E-state index contributed by atoms with van der Waals surface area (Å²) in [5.74, 6) is -1.27. The number of likely N-dealkylation sites (tertiary alicyclic amines) is 1. The Morgan fingerprint density at radius 3 is 2.45 bits per heavy atom. The Labute approximate surface area is 235 Å². The summed E-state index contributed by atoms with van der Waals surface area (Å²) in [6.45, 7) is 1.78. The van der Waals surface area contributed by atoms with Gasteiger partial charge in [0.1, 0.15) is 5.82 Å². The van der Waals surface area contributed by atoms with E-state index in [0.29, 0.717) is 23.7 Å². The zero-order chi connectivity index (χ0) is 27.6. The van der Waals surface area contributed by atoms with E-state index in [1.807, 2.05) is 23.1 Å². The van der Waals surface area contributed by atoms with Crippen LogP contribution in [-0.2, 0) is 4.79 Å². The molecule has 3 aromatic rings. The van der Waals surface area contributed by atoms with Crippen molar-refractivity contribution in [3.63, 3.8) is 0 Å². The summed E-state index contributed by atoms with van der Waals surface area (Å²) in [5.41, 5.74) is 3.28. The maximum absolute atomic E-state index is 15.2. The summed E-state index contributed by atoms with van der Waals surface area (Å²) < 4.78 is 15.2. The maximum Gasteiger partial charge on any atom is 0.257 e. The first-order valence-corrected chi connectivity index (χ1v) is 14.6. The second-order valence-electron chi connectivity index (χ2n) is 11.7. The minimum atomic E-state index is -0.517. The van der Waals surface area contributed by atoms with Crippen LogP contribution in [0.2, 0.25) is 0 Å². The van der Waals surface area contributed by atoms with Gasteiger partial charge in [0.2, 0.25) is 5.91 Å². The highest BCUT2D eigenvalue weighted by Gasteiger charge is 2.50. The quantitative estimate of drug-likeness (QED) is 0.357. The van der Waals surface area contributed by atoms with E-state index in [2.05, 4.69) is 27.8 Å². The number of amides is 2. The average molecular weight is 541 g/mol. The number of aromatic nitrogens is 1. The Morgan fingerprint density at radius 1 is 0.925 bits per heavy atom. The first-order valence-electron chi connectivity index (χ1n) is 14.6. The zero-order valence-corrected chi connectivity index (χ0v) is 23.0. The molecular weight excluding hydrogens is 503 g/mol. The van der Waals surface area contributed by atoms with E-state index in [9.17, 15) is 9.59 Å².